The predicted molar refractivity (Wildman–Crippen MR) is 81.7 cm³/mol. The molecule has 0 bridgehead atoms. The first-order valence-corrected chi connectivity index (χ1v) is 7.82. The van der Waals surface area contributed by atoms with Crippen LogP contribution in [0, 0.1) is 13.8 Å². The third-order valence-corrected chi connectivity index (χ3v) is 4.49. The summed E-state index contributed by atoms with van der Waals surface area (Å²) in [4.78, 5) is 18.9. The molecule has 1 saturated heterocycles. The van der Waals surface area contributed by atoms with E-state index in [4.69, 9.17) is 0 Å². The van der Waals surface area contributed by atoms with Gasteiger partial charge in [-0.3, -0.25) is 15.0 Å². The molecule has 0 aliphatic carbocycles. The van der Waals surface area contributed by atoms with Gasteiger partial charge in [0.15, 0.2) is 11.5 Å². The van der Waals surface area contributed by atoms with Crippen LogP contribution < -0.4 is 0 Å². The maximum atomic E-state index is 12.5. The van der Waals surface area contributed by atoms with Crippen molar-refractivity contribution in [3.63, 3.8) is 0 Å². The maximum absolute atomic E-state index is 12.5. The summed E-state index contributed by atoms with van der Waals surface area (Å²) in [7, 11) is 0. The monoisotopic (exact) mass is 302 g/mol. The highest BCUT2D eigenvalue weighted by Crippen LogP contribution is 2.26. The SMILES string of the molecule is CCc1nc(C2CCN(C(=O)c3n[nH]c(C)c3C)CC2)n[nH]1. The van der Waals surface area contributed by atoms with Crippen LogP contribution in [-0.4, -0.2) is 49.3 Å². The van der Waals surface area contributed by atoms with Crippen LogP contribution >= 0.6 is 0 Å². The van der Waals surface area contributed by atoms with Crippen LogP contribution in [0.3, 0.4) is 0 Å². The van der Waals surface area contributed by atoms with E-state index >= 15 is 0 Å². The number of likely N-dealkylation sites (tertiary alicyclic amines) is 1. The lowest BCUT2D eigenvalue weighted by molar-refractivity contribution is 0.0704. The molecule has 0 saturated carbocycles. The number of nitrogens with one attached hydrogen (secondary N) is 2. The van der Waals surface area contributed by atoms with Crippen LogP contribution in [0.15, 0.2) is 0 Å². The van der Waals surface area contributed by atoms with Gasteiger partial charge in [-0.15, -0.1) is 0 Å². The number of aromatic amines is 2. The Morgan fingerprint density at radius 3 is 2.50 bits per heavy atom. The van der Waals surface area contributed by atoms with Gasteiger partial charge in [0.25, 0.3) is 5.91 Å². The quantitative estimate of drug-likeness (QED) is 0.903. The molecule has 0 aromatic carbocycles. The van der Waals surface area contributed by atoms with Crippen LogP contribution in [0.1, 0.15) is 59.1 Å². The Labute approximate surface area is 129 Å². The van der Waals surface area contributed by atoms with Crippen molar-refractivity contribution < 1.29 is 4.79 Å². The van der Waals surface area contributed by atoms with E-state index in [0.29, 0.717) is 11.6 Å². The molecule has 7 nitrogen and oxygen atoms in total. The number of H-pyrrole nitrogens is 2. The predicted octanol–water partition coefficient (Wildman–Crippen LogP) is 1.73. The van der Waals surface area contributed by atoms with Gasteiger partial charge in [-0.25, -0.2) is 4.98 Å². The number of rotatable bonds is 3. The Kier molecular flexibility index (Phi) is 3.96. The number of hydrogen-bond donors (Lipinski definition) is 2. The van der Waals surface area contributed by atoms with Crippen molar-refractivity contribution in [2.45, 2.75) is 46.0 Å². The molecule has 2 aromatic rings. The highest BCUT2D eigenvalue weighted by atomic mass is 16.2. The fourth-order valence-electron chi connectivity index (χ4n) is 2.83. The summed E-state index contributed by atoms with van der Waals surface area (Å²) in [6, 6.07) is 0. The summed E-state index contributed by atoms with van der Waals surface area (Å²) in [5.41, 5.74) is 2.43. The van der Waals surface area contributed by atoms with Crippen LogP contribution in [-0.2, 0) is 6.42 Å². The molecule has 22 heavy (non-hydrogen) atoms. The molecule has 3 heterocycles. The molecule has 1 fully saturated rings. The number of amides is 1. The Balaban J connectivity index is 1.64. The lowest BCUT2D eigenvalue weighted by atomic mass is 9.96. The molecule has 1 aliphatic rings. The average molecular weight is 302 g/mol. The zero-order valence-electron chi connectivity index (χ0n) is 13.3. The van der Waals surface area contributed by atoms with Gasteiger partial charge in [0.05, 0.1) is 0 Å². The Bertz CT molecular complexity index is 665. The van der Waals surface area contributed by atoms with Crippen molar-refractivity contribution in [2.75, 3.05) is 13.1 Å². The number of carbonyl (C=O) groups is 1. The van der Waals surface area contributed by atoms with E-state index < -0.39 is 0 Å². The van der Waals surface area contributed by atoms with E-state index in [0.717, 1.165) is 55.3 Å². The van der Waals surface area contributed by atoms with Gasteiger partial charge >= 0.3 is 0 Å². The van der Waals surface area contributed by atoms with Crippen molar-refractivity contribution in [2.24, 2.45) is 0 Å². The molecular formula is C15H22N6O. The Morgan fingerprint density at radius 1 is 1.23 bits per heavy atom. The van der Waals surface area contributed by atoms with Gasteiger partial charge in [0, 0.05) is 36.7 Å². The van der Waals surface area contributed by atoms with E-state index in [1.54, 1.807) is 0 Å². The van der Waals surface area contributed by atoms with E-state index in [-0.39, 0.29) is 5.91 Å². The molecular weight excluding hydrogens is 280 g/mol. The van der Waals surface area contributed by atoms with Gasteiger partial charge in [-0.2, -0.15) is 10.2 Å². The fourth-order valence-corrected chi connectivity index (χ4v) is 2.83. The number of piperidine rings is 1. The van der Waals surface area contributed by atoms with Gasteiger partial charge < -0.3 is 4.90 Å². The first kappa shape index (κ1) is 14.7. The minimum absolute atomic E-state index is 0.0181. The van der Waals surface area contributed by atoms with E-state index in [9.17, 15) is 4.79 Å². The third kappa shape index (κ3) is 2.63. The minimum Gasteiger partial charge on any atom is -0.337 e. The first-order valence-electron chi connectivity index (χ1n) is 7.82. The number of hydrogen-bond acceptors (Lipinski definition) is 4. The molecule has 118 valence electrons. The number of nitrogens with zero attached hydrogens (tertiary/aromatic N) is 4. The van der Waals surface area contributed by atoms with Gasteiger partial charge in [-0.05, 0) is 26.7 Å². The molecule has 0 atom stereocenters. The largest absolute Gasteiger partial charge is 0.337 e. The molecule has 2 aromatic heterocycles. The number of aromatic nitrogens is 5. The van der Waals surface area contributed by atoms with Crippen molar-refractivity contribution in [3.05, 3.63) is 28.6 Å². The summed E-state index contributed by atoms with van der Waals surface area (Å²) in [5, 5.41) is 14.3. The van der Waals surface area contributed by atoms with Crippen LogP contribution in [0.2, 0.25) is 0 Å². The minimum atomic E-state index is 0.0181. The summed E-state index contributed by atoms with van der Waals surface area (Å²) >= 11 is 0. The normalized spacial score (nSPS) is 16.2. The number of aryl methyl sites for hydroxylation is 2. The third-order valence-electron chi connectivity index (χ3n) is 4.49. The molecule has 0 spiro atoms. The second-order valence-electron chi connectivity index (χ2n) is 5.88. The zero-order valence-corrected chi connectivity index (χ0v) is 13.3. The molecule has 1 amide bonds. The topological polar surface area (TPSA) is 90.6 Å². The van der Waals surface area contributed by atoms with Gasteiger partial charge in [-0.1, -0.05) is 6.92 Å². The van der Waals surface area contributed by atoms with E-state index in [1.165, 1.54) is 0 Å². The lowest BCUT2D eigenvalue weighted by Gasteiger charge is -2.30. The molecule has 2 N–H and O–H groups in total. The van der Waals surface area contributed by atoms with Crippen molar-refractivity contribution in [1.82, 2.24) is 30.3 Å². The molecule has 7 heteroatoms. The van der Waals surface area contributed by atoms with Crippen LogP contribution in [0.4, 0.5) is 0 Å². The highest BCUT2D eigenvalue weighted by Gasteiger charge is 2.28. The summed E-state index contributed by atoms with van der Waals surface area (Å²) in [6.45, 7) is 7.37. The van der Waals surface area contributed by atoms with E-state index in [1.807, 2.05) is 18.7 Å². The van der Waals surface area contributed by atoms with Crippen LogP contribution in [0.5, 0.6) is 0 Å². The molecule has 0 radical (unpaired) electrons. The summed E-state index contributed by atoms with van der Waals surface area (Å²) in [6.07, 6.45) is 2.66. The molecule has 1 aliphatic heterocycles. The lowest BCUT2D eigenvalue weighted by Crippen LogP contribution is -2.38. The van der Waals surface area contributed by atoms with Crippen molar-refractivity contribution in [1.29, 1.82) is 0 Å². The standard InChI is InChI=1S/C15H22N6O/c1-4-12-16-14(20-18-12)11-5-7-21(8-6-11)15(22)13-9(2)10(3)17-19-13/h11H,4-8H2,1-3H3,(H,17,19)(H,16,18,20). The second-order valence-corrected chi connectivity index (χ2v) is 5.88. The zero-order chi connectivity index (χ0) is 15.7. The molecule has 3 rings (SSSR count). The average Bonchev–Trinajstić information content (AvgIpc) is 3.15. The van der Waals surface area contributed by atoms with E-state index in [2.05, 4.69) is 32.3 Å². The second kappa shape index (κ2) is 5.90. The summed E-state index contributed by atoms with van der Waals surface area (Å²) < 4.78 is 0. The fraction of sp³-hybridized carbons (Fsp3) is 0.600. The maximum Gasteiger partial charge on any atom is 0.274 e. The van der Waals surface area contributed by atoms with Gasteiger partial charge in [0.2, 0.25) is 0 Å². The van der Waals surface area contributed by atoms with Crippen molar-refractivity contribution >= 4 is 5.91 Å². The Morgan fingerprint density at radius 2 is 1.95 bits per heavy atom. The smallest absolute Gasteiger partial charge is 0.274 e. The number of carbonyl (C=O) groups excluding carboxylic acids is 1. The van der Waals surface area contributed by atoms with Crippen LogP contribution in [0.25, 0.3) is 0 Å². The summed E-state index contributed by atoms with van der Waals surface area (Å²) in [5.74, 6) is 2.17. The first-order chi connectivity index (χ1) is 10.6. The van der Waals surface area contributed by atoms with Crippen molar-refractivity contribution in [3.8, 4) is 0 Å². The Hall–Kier alpha value is -2.18. The highest BCUT2D eigenvalue weighted by molar-refractivity contribution is 5.93. The molecule has 0 unspecified atom stereocenters. The van der Waals surface area contributed by atoms with Gasteiger partial charge in [0.1, 0.15) is 5.82 Å².